The topological polar surface area (TPSA) is 29.1 Å². The number of carbonyl (C=O) groups is 1. The molecule has 0 saturated heterocycles. The highest BCUT2D eigenvalue weighted by molar-refractivity contribution is 6.30. The monoisotopic (exact) mass is 245 g/mol. The summed E-state index contributed by atoms with van der Waals surface area (Å²) < 4.78 is 26.6. The van der Waals surface area contributed by atoms with Crippen LogP contribution in [0.3, 0.4) is 0 Å². The van der Waals surface area contributed by atoms with Gasteiger partial charge in [-0.3, -0.25) is 4.79 Å². The third-order valence-corrected chi connectivity index (χ3v) is 2.82. The van der Waals surface area contributed by atoms with Crippen molar-refractivity contribution in [3.63, 3.8) is 0 Å². The normalized spacial score (nSPS) is 16.9. The highest BCUT2D eigenvalue weighted by Gasteiger charge is 2.30. The molecule has 1 aromatic rings. The van der Waals surface area contributed by atoms with E-state index in [1.807, 2.05) is 0 Å². The molecular formula is C11H10ClF2NO. The average Bonchev–Trinajstić information content (AvgIpc) is 3.01. The van der Waals surface area contributed by atoms with Crippen molar-refractivity contribution in [2.45, 2.75) is 24.3 Å². The number of hydrogen-bond donors (Lipinski definition) is 1. The number of benzene rings is 1. The number of nitrogens with one attached hydrogen (secondary N) is 1. The second kappa shape index (κ2) is 4.37. The summed E-state index contributed by atoms with van der Waals surface area (Å²) in [4.78, 5) is 11.5. The van der Waals surface area contributed by atoms with Crippen molar-refractivity contribution in [3.8, 4) is 0 Å². The van der Waals surface area contributed by atoms with Crippen molar-refractivity contribution in [2.75, 3.05) is 0 Å². The summed E-state index contributed by atoms with van der Waals surface area (Å²) >= 11 is 5.75. The zero-order valence-electron chi connectivity index (χ0n) is 8.34. The van der Waals surface area contributed by atoms with Crippen LogP contribution in [-0.2, 0) is 4.79 Å². The van der Waals surface area contributed by atoms with Gasteiger partial charge in [0.2, 0.25) is 5.91 Å². The van der Waals surface area contributed by atoms with Gasteiger partial charge in [0.15, 0.2) is 0 Å². The predicted molar refractivity (Wildman–Crippen MR) is 56.1 cm³/mol. The lowest BCUT2D eigenvalue weighted by Crippen LogP contribution is -2.29. The van der Waals surface area contributed by atoms with Gasteiger partial charge < -0.3 is 5.32 Å². The Bertz CT molecular complexity index is 400. The molecular weight excluding hydrogens is 236 g/mol. The molecule has 1 aliphatic rings. The molecule has 0 aromatic heterocycles. The van der Waals surface area contributed by atoms with Crippen LogP contribution in [0.1, 0.15) is 23.8 Å². The maximum atomic E-state index is 13.3. The largest absolute Gasteiger partial charge is 0.352 e. The van der Waals surface area contributed by atoms with Crippen LogP contribution in [0.15, 0.2) is 18.2 Å². The molecule has 0 bridgehead atoms. The minimum Gasteiger partial charge on any atom is -0.352 e. The standard InChI is InChI=1S/C11H10ClF2NO/c12-10(11(16)15-6-4-5-6)9-7(13)2-1-3-8(9)14/h1-3,6,10H,4-5H2,(H,15,16). The van der Waals surface area contributed by atoms with E-state index >= 15 is 0 Å². The van der Waals surface area contributed by atoms with Crippen LogP contribution in [-0.4, -0.2) is 11.9 Å². The van der Waals surface area contributed by atoms with E-state index in [0.717, 1.165) is 25.0 Å². The van der Waals surface area contributed by atoms with E-state index in [0.29, 0.717) is 0 Å². The third kappa shape index (κ3) is 2.32. The molecule has 86 valence electrons. The van der Waals surface area contributed by atoms with Gasteiger partial charge in [0, 0.05) is 6.04 Å². The molecule has 16 heavy (non-hydrogen) atoms. The van der Waals surface area contributed by atoms with Crippen LogP contribution in [0.4, 0.5) is 8.78 Å². The quantitative estimate of drug-likeness (QED) is 0.815. The summed E-state index contributed by atoms with van der Waals surface area (Å²) in [5, 5.41) is 1.28. The molecule has 0 heterocycles. The number of halogens is 3. The van der Waals surface area contributed by atoms with Crippen molar-refractivity contribution >= 4 is 17.5 Å². The molecule has 1 unspecified atom stereocenters. The Kier molecular flexibility index (Phi) is 3.10. The van der Waals surface area contributed by atoms with E-state index in [9.17, 15) is 13.6 Å². The van der Waals surface area contributed by atoms with E-state index in [-0.39, 0.29) is 11.6 Å². The Hall–Kier alpha value is -1.16. The van der Waals surface area contributed by atoms with Crippen molar-refractivity contribution in [1.29, 1.82) is 0 Å². The fourth-order valence-corrected chi connectivity index (χ4v) is 1.66. The molecule has 5 heteroatoms. The van der Waals surface area contributed by atoms with Crippen LogP contribution in [0.5, 0.6) is 0 Å². The fourth-order valence-electron chi connectivity index (χ4n) is 1.39. The Balaban J connectivity index is 2.18. The molecule has 0 radical (unpaired) electrons. The Labute approximate surface area is 96.6 Å². The molecule has 1 N–H and O–H groups in total. The predicted octanol–water partition coefficient (Wildman–Crippen LogP) is 2.52. The zero-order chi connectivity index (χ0) is 11.7. The van der Waals surface area contributed by atoms with Gasteiger partial charge in [0.05, 0.1) is 5.56 Å². The van der Waals surface area contributed by atoms with Crippen LogP contribution >= 0.6 is 11.6 Å². The highest BCUT2D eigenvalue weighted by atomic mass is 35.5. The van der Waals surface area contributed by atoms with Gasteiger partial charge in [-0.05, 0) is 25.0 Å². The second-order valence-electron chi connectivity index (χ2n) is 3.78. The molecule has 0 spiro atoms. The van der Waals surface area contributed by atoms with E-state index in [1.54, 1.807) is 0 Å². The Morgan fingerprint density at radius 2 is 1.94 bits per heavy atom. The molecule has 1 saturated carbocycles. The van der Waals surface area contributed by atoms with E-state index < -0.39 is 22.9 Å². The average molecular weight is 246 g/mol. The maximum absolute atomic E-state index is 13.3. The molecule has 2 nitrogen and oxygen atoms in total. The van der Waals surface area contributed by atoms with Crippen molar-refractivity contribution < 1.29 is 13.6 Å². The second-order valence-corrected chi connectivity index (χ2v) is 4.22. The Morgan fingerprint density at radius 1 is 1.38 bits per heavy atom. The van der Waals surface area contributed by atoms with Crippen molar-refractivity contribution in [3.05, 3.63) is 35.4 Å². The maximum Gasteiger partial charge on any atom is 0.243 e. The van der Waals surface area contributed by atoms with Crippen LogP contribution < -0.4 is 5.32 Å². The summed E-state index contributed by atoms with van der Waals surface area (Å²) in [5.41, 5.74) is -0.387. The number of hydrogen-bond acceptors (Lipinski definition) is 1. The lowest BCUT2D eigenvalue weighted by atomic mass is 10.1. The minimum atomic E-state index is -1.32. The summed E-state index contributed by atoms with van der Waals surface area (Å²) in [7, 11) is 0. The van der Waals surface area contributed by atoms with E-state index in [1.165, 1.54) is 6.07 Å². The van der Waals surface area contributed by atoms with Crippen LogP contribution in [0.2, 0.25) is 0 Å². The number of carbonyl (C=O) groups excluding carboxylic acids is 1. The first-order chi connectivity index (χ1) is 7.59. The number of alkyl halides is 1. The Morgan fingerprint density at radius 3 is 2.44 bits per heavy atom. The highest BCUT2D eigenvalue weighted by Crippen LogP contribution is 2.28. The van der Waals surface area contributed by atoms with Gasteiger partial charge in [-0.25, -0.2) is 8.78 Å². The van der Waals surface area contributed by atoms with Gasteiger partial charge in [0.1, 0.15) is 17.0 Å². The summed E-state index contributed by atoms with van der Waals surface area (Å²) in [5.74, 6) is -2.15. The fraction of sp³-hybridized carbons (Fsp3) is 0.364. The lowest BCUT2D eigenvalue weighted by molar-refractivity contribution is -0.121. The van der Waals surface area contributed by atoms with Gasteiger partial charge >= 0.3 is 0 Å². The third-order valence-electron chi connectivity index (χ3n) is 2.41. The molecule has 1 atom stereocenters. The lowest BCUT2D eigenvalue weighted by Gasteiger charge is -2.11. The van der Waals surface area contributed by atoms with E-state index in [2.05, 4.69) is 5.32 Å². The van der Waals surface area contributed by atoms with Gasteiger partial charge in [0.25, 0.3) is 0 Å². The molecule has 1 fully saturated rings. The number of amides is 1. The minimum absolute atomic E-state index is 0.114. The first-order valence-corrected chi connectivity index (χ1v) is 5.41. The summed E-state index contributed by atoms with van der Waals surface area (Å²) in [6.45, 7) is 0. The van der Waals surface area contributed by atoms with Crippen LogP contribution in [0.25, 0.3) is 0 Å². The number of rotatable bonds is 3. The molecule has 1 amide bonds. The smallest absolute Gasteiger partial charge is 0.243 e. The van der Waals surface area contributed by atoms with Crippen molar-refractivity contribution in [2.24, 2.45) is 0 Å². The summed E-state index contributed by atoms with van der Waals surface area (Å²) in [6.07, 6.45) is 1.80. The molecule has 2 rings (SSSR count). The molecule has 1 aliphatic carbocycles. The zero-order valence-corrected chi connectivity index (χ0v) is 9.10. The van der Waals surface area contributed by atoms with Gasteiger partial charge in [-0.2, -0.15) is 0 Å². The molecule has 0 aliphatic heterocycles. The van der Waals surface area contributed by atoms with Crippen LogP contribution in [0, 0.1) is 11.6 Å². The van der Waals surface area contributed by atoms with E-state index in [4.69, 9.17) is 11.6 Å². The van der Waals surface area contributed by atoms with Gasteiger partial charge in [-0.1, -0.05) is 6.07 Å². The SMILES string of the molecule is O=C(NC1CC1)C(Cl)c1c(F)cccc1F. The first-order valence-electron chi connectivity index (χ1n) is 4.98. The van der Waals surface area contributed by atoms with Gasteiger partial charge in [-0.15, -0.1) is 11.6 Å². The first kappa shape index (κ1) is 11.3. The molecule has 1 aromatic carbocycles. The summed E-state index contributed by atoms with van der Waals surface area (Å²) in [6, 6.07) is 3.51. The van der Waals surface area contributed by atoms with Crippen molar-refractivity contribution in [1.82, 2.24) is 5.32 Å².